The van der Waals surface area contributed by atoms with Crippen molar-refractivity contribution in [3.8, 4) is 44.5 Å². The summed E-state index contributed by atoms with van der Waals surface area (Å²) >= 11 is 3.80. The number of benzene rings is 8. The lowest BCUT2D eigenvalue weighted by molar-refractivity contribution is 0.657. The van der Waals surface area contributed by atoms with Crippen LogP contribution < -0.4 is 4.90 Å². The second-order valence-corrected chi connectivity index (χ2v) is 16.8. The summed E-state index contributed by atoms with van der Waals surface area (Å²) in [6.07, 6.45) is 0. The van der Waals surface area contributed by atoms with E-state index in [1.54, 1.807) is 0 Å². The topological polar surface area (TPSA) is 3.24 Å². The van der Waals surface area contributed by atoms with Gasteiger partial charge in [-0.3, -0.25) is 0 Å². The number of anilines is 3. The molecule has 0 unspecified atom stereocenters. The molecule has 1 aliphatic carbocycles. The van der Waals surface area contributed by atoms with E-state index in [4.69, 9.17) is 0 Å². The molecule has 3 heteroatoms. The second kappa shape index (κ2) is 13.3. The number of hydrogen-bond donors (Lipinski definition) is 0. The van der Waals surface area contributed by atoms with Crippen LogP contribution in [0.5, 0.6) is 0 Å². The van der Waals surface area contributed by atoms with Crippen LogP contribution in [0.15, 0.2) is 208 Å². The molecule has 0 amide bonds. The van der Waals surface area contributed by atoms with Crippen LogP contribution in [-0.2, 0) is 5.41 Å². The van der Waals surface area contributed by atoms with Crippen LogP contribution in [0, 0.1) is 0 Å². The molecule has 0 radical (unpaired) electrons. The van der Waals surface area contributed by atoms with Gasteiger partial charge in [-0.15, -0.1) is 0 Å². The molecule has 1 nitrogen and oxygen atoms in total. The summed E-state index contributed by atoms with van der Waals surface area (Å²) in [6.45, 7) is 4.75. The van der Waals surface area contributed by atoms with Gasteiger partial charge in [0, 0.05) is 42.1 Å². The zero-order chi connectivity index (χ0) is 36.2. The first-order valence-electron chi connectivity index (χ1n) is 18.5. The molecule has 0 spiro atoms. The molecule has 0 saturated carbocycles. The maximum absolute atomic E-state index is 2.46. The van der Waals surface area contributed by atoms with Crippen LogP contribution in [0.4, 0.5) is 17.1 Å². The molecule has 8 aromatic rings. The van der Waals surface area contributed by atoms with Gasteiger partial charge in [0.05, 0.1) is 0 Å². The third-order valence-corrected chi connectivity index (χ3v) is 13.5. The molecule has 10 rings (SSSR count). The number of fused-ring (bicyclic) bond motifs is 5. The van der Waals surface area contributed by atoms with Gasteiger partial charge in [-0.1, -0.05) is 159 Å². The van der Waals surface area contributed by atoms with E-state index in [2.05, 4.69) is 207 Å². The van der Waals surface area contributed by atoms with Crippen molar-refractivity contribution in [2.45, 2.75) is 38.8 Å². The van der Waals surface area contributed by atoms with Crippen molar-refractivity contribution in [2.75, 3.05) is 4.90 Å². The fraction of sp³-hybridized carbons (Fsp3) is 0.0588. The highest BCUT2D eigenvalue weighted by Crippen LogP contribution is 2.56. The highest BCUT2D eigenvalue weighted by atomic mass is 32.2. The monoisotopic (exact) mass is 727 g/mol. The molecule has 2 aliphatic rings. The van der Waals surface area contributed by atoms with Crippen LogP contribution >= 0.6 is 23.5 Å². The van der Waals surface area contributed by atoms with Gasteiger partial charge in [-0.2, -0.15) is 0 Å². The summed E-state index contributed by atoms with van der Waals surface area (Å²) in [5.74, 6) is 0. The predicted octanol–water partition coefficient (Wildman–Crippen LogP) is 15.1. The third-order valence-electron chi connectivity index (χ3n) is 11.0. The molecule has 0 aromatic heterocycles. The van der Waals surface area contributed by atoms with Crippen molar-refractivity contribution in [3.63, 3.8) is 0 Å². The lowest BCUT2D eigenvalue weighted by atomic mass is 9.82. The van der Waals surface area contributed by atoms with Crippen molar-refractivity contribution >= 4 is 40.6 Å². The van der Waals surface area contributed by atoms with Gasteiger partial charge >= 0.3 is 0 Å². The van der Waals surface area contributed by atoms with Gasteiger partial charge in [0.2, 0.25) is 0 Å². The Morgan fingerprint density at radius 3 is 1.22 bits per heavy atom. The summed E-state index contributed by atoms with van der Waals surface area (Å²) in [5, 5.41) is 0. The largest absolute Gasteiger partial charge is 0.311 e. The Morgan fingerprint density at radius 1 is 0.333 bits per heavy atom. The molecule has 0 saturated heterocycles. The van der Waals surface area contributed by atoms with Gasteiger partial charge in [0.15, 0.2) is 0 Å². The van der Waals surface area contributed by atoms with E-state index in [1.807, 2.05) is 23.5 Å². The molecule has 0 atom stereocenters. The Bertz CT molecular complexity index is 2560. The highest BCUT2D eigenvalue weighted by molar-refractivity contribution is 8.05. The van der Waals surface area contributed by atoms with Gasteiger partial charge in [0.1, 0.15) is 0 Å². The average Bonchev–Trinajstić information content (AvgIpc) is 3.45. The summed E-state index contributed by atoms with van der Waals surface area (Å²) in [4.78, 5) is 7.76. The van der Waals surface area contributed by atoms with E-state index >= 15 is 0 Å². The van der Waals surface area contributed by atoms with E-state index in [-0.39, 0.29) is 5.41 Å². The molecule has 1 aliphatic heterocycles. The Labute approximate surface area is 326 Å². The minimum absolute atomic E-state index is 0.0586. The lowest BCUT2D eigenvalue weighted by Crippen LogP contribution is -2.15. The molecule has 0 N–H and O–H groups in total. The molecule has 54 heavy (non-hydrogen) atoms. The summed E-state index contributed by atoms with van der Waals surface area (Å²) in [6, 6.07) is 68.8. The minimum atomic E-state index is -0.0586. The smallest absolute Gasteiger partial charge is 0.0462 e. The van der Waals surface area contributed by atoms with Crippen LogP contribution in [0.25, 0.3) is 44.5 Å². The molecule has 0 bridgehead atoms. The third kappa shape index (κ3) is 5.76. The Balaban J connectivity index is 1.00. The fourth-order valence-electron chi connectivity index (χ4n) is 8.07. The van der Waals surface area contributed by atoms with Crippen LogP contribution in [0.1, 0.15) is 25.0 Å². The Hall–Kier alpha value is -5.74. The fourth-order valence-corrected chi connectivity index (χ4v) is 10.3. The maximum atomic E-state index is 2.46. The van der Waals surface area contributed by atoms with E-state index in [0.29, 0.717) is 0 Å². The van der Waals surface area contributed by atoms with Gasteiger partial charge in [0.25, 0.3) is 0 Å². The molecule has 8 aromatic carbocycles. The Kier molecular flexibility index (Phi) is 8.09. The average molecular weight is 728 g/mol. The van der Waals surface area contributed by atoms with E-state index in [9.17, 15) is 0 Å². The summed E-state index contributed by atoms with van der Waals surface area (Å²) in [7, 11) is 0. The van der Waals surface area contributed by atoms with Gasteiger partial charge in [-0.05, 0) is 122 Å². The quantitative estimate of drug-likeness (QED) is 0.168. The first kappa shape index (κ1) is 32.9. The number of rotatable bonds is 6. The van der Waals surface area contributed by atoms with Crippen molar-refractivity contribution in [2.24, 2.45) is 0 Å². The first-order chi connectivity index (χ1) is 26.5. The molecule has 258 valence electrons. The SMILES string of the molecule is CC1(C)c2ccc(-c3ccc(N(c4ccc(-c5ccccc5)cc4)c4ccc(-c5ccccc5)cc4)cc3)cc2-c2cc3c(cc21)Sc1ccccc1S3. The number of hydrogen-bond acceptors (Lipinski definition) is 3. The molecular weight excluding hydrogens is 691 g/mol. The van der Waals surface area contributed by atoms with Crippen molar-refractivity contribution in [1.82, 2.24) is 0 Å². The van der Waals surface area contributed by atoms with Crippen molar-refractivity contribution < 1.29 is 0 Å². The van der Waals surface area contributed by atoms with Crippen LogP contribution in [0.3, 0.4) is 0 Å². The second-order valence-electron chi connectivity index (χ2n) is 14.6. The number of nitrogens with zero attached hydrogens (tertiary/aromatic N) is 1. The van der Waals surface area contributed by atoms with Crippen LogP contribution in [0.2, 0.25) is 0 Å². The molecule has 0 fully saturated rings. The maximum Gasteiger partial charge on any atom is 0.0462 e. The minimum Gasteiger partial charge on any atom is -0.311 e. The van der Waals surface area contributed by atoms with Crippen molar-refractivity contribution in [3.05, 3.63) is 199 Å². The van der Waals surface area contributed by atoms with E-state index < -0.39 is 0 Å². The van der Waals surface area contributed by atoms with Crippen LogP contribution in [-0.4, -0.2) is 0 Å². The molecule has 1 heterocycles. The first-order valence-corrected chi connectivity index (χ1v) is 20.1. The Morgan fingerprint density at radius 2 is 0.722 bits per heavy atom. The zero-order valence-corrected chi connectivity index (χ0v) is 31.8. The van der Waals surface area contributed by atoms with E-state index in [1.165, 1.54) is 75.2 Å². The standard InChI is InChI=1S/C51H37NS2/c1-51(2)45-30-23-39(31-43(45)44-32-49-50(33-46(44)51)54-48-16-10-9-15-47(48)53-49)38-21-28-42(29-22-38)52(40-24-17-36(18-25-40)34-11-5-3-6-12-34)41-26-19-37(20-27-41)35-13-7-4-8-14-35/h3-33H,1-2H3. The lowest BCUT2D eigenvalue weighted by Gasteiger charge is -2.26. The zero-order valence-electron chi connectivity index (χ0n) is 30.2. The van der Waals surface area contributed by atoms with Gasteiger partial charge < -0.3 is 4.90 Å². The normalized spacial score (nSPS) is 13.4. The molecular formula is C51H37NS2. The van der Waals surface area contributed by atoms with Gasteiger partial charge in [-0.25, -0.2) is 0 Å². The van der Waals surface area contributed by atoms with E-state index in [0.717, 1.165) is 17.1 Å². The summed E-state index contributed by atoms with van der Waals surface area (Å²) in [5.41, 5.74) is 16.1. The van der Waals surface area contributed by atoms with Crippen molar-refractivity contribution in [1.29, 1.82) is 0 Å². The highest BCUT2D eigenvalue weighted by Gasteiger charge is 2.37. The predicted molar refractivity (Wildman–Crippen MR) is 230 cm³/mol. The summed E-state index contributed by atoms with van der Waals surface area (Å²) < 4.78 is 0.